The largest absolute Gasteiger partial charge is 0.472 e. The van der Waals surface area contributed by atoms with Crippen molar-refractivity contribution >= 4 is 36.4 Å². The lowest BCUT2D eigenvalue weighted by atomic mass is 9.98. The number of methoxy groups -OCH3 is 1. The third-order valence-corrected chi connectivity index (χ3v) is 7.98. The average molecular weight is 627 g/mol. The molecule has 0 bridgehead atoms. The van der Waals surface area contributed by atoms with Crippen molar-refractivity contribution in [3.05, 3.63) is 36.0 Å². The first-order valence-corrected chi connectivity index (χ1v) is 16.1. The van der Waals surface area contributed by atoms with Crippen molar-refractivity contribution in [2.45, 2.75) is 71.6 Å². The Bertz CT molecular complexity index is 1210. The van der Waals surface area contributed by atoms with Gasteiger partial charge in [-0.05, 0) is 37.3 Å². The van der Waals surface area contributed by atoms with Crippen molar-refractivity contribution in [3.8, 4) is 0 Å². The molecule has 13 nitrogen and oxygen atoms in total. The predicted molar refractivity (Wildman–Crippen MR) is 162 cm³/mol. The second kappa shape index (κ2) is 18.8. The zero-order valence-electron chi connectivity index (χ0n) is 25.7. The molecular weight excluding hydrogens is 579 g/mol. The van der Waals surface area contributed by atoms with E-state index in [1.165, 1.54) is 6.92 Å². The van der Waals surface area contributed by atoms with Crippen LogP contribution in [0.1, 0.15) is 52.5 Å². The number of amides is 3. The summed E-state index contributed by atoms with van der Waals surface area (Å²) < 4.78 is 33.1. The molecule has 43 heavy (non-hydrogen) atoms. The highest BCUT2D eigenvalue weighted by Gasteiger charge is 2.27. The summed E-state index contributed by atoms with van der Waals surface area (Å²) in [6, 6.07) is 6.40. The summed E-state index contributed by atoms with van der Waals surface area (Å²) in [4.78, 5) is 50.4. The first kappa shape index (κ1) is 36.4. The van der Waals surface area contributed by atoms with Gasteiger partial charge >= 0.3 is 7.82 Å². The van der Waals surface area contributed by atoms with Crippen LogP contribution in [-0.2, 0) is 43.9 Å². The number of para-hydroxylation sites is 1. The number of aromatic nitrogens is 1. The summed E-state index contributed by atoms with van der Waals surface area (Å²) in [6.07, 6.45) is 3.93. The lowest BCUT2D eigenvalue weighted by Gasteiger charge is -2.24. The van der Waals surface area contributed by atoms with Gasteiger partial charge in [0.05, 0.1) is 32.0 Å². The number of benzene rings is 1. The molecular formula is C29H47N4O9P. The van der Waals surface area contributed by atoms with Gasteiger partial charge in [0.2, 0.25) is 17.7 Å². The molecule has 2 rings (SSSR count). The summed E-state index contributed by atoms with van der Waals surface area (Å²) in [5.41, 5.74) is 2.02. The summed E-state index contributed by atoms with van der Waals surface area (Å²) in [5.74, 6) is -1.16. The van der Waals surface area contributed by atoms with Gasteiger partial charge in [-0.2, -0.15) is 0 Å². The first-order valence-electron chi connectivity index (χ1n) is 14.6. The topological polar surface area (TPSA) is 177 Å². The van der Waals surface area contributed by atoms with E-state index in [4.69, 9.17) is 18.5 Å². The fraction of sp³-hybridized carbons (Fsp3) is 0.621. The Hall–Kier alpha value is -2.80. The fourth-order valence-electron chi connectivity index (χ4n) is 4.21. The van der Waals surface area contributed by atoms with Crippen molar-refractivity contribution in [2.75, 3.05) is 40.1 Å². The molecule has 0 fully saturated rings. The van der Waals surface area contributed by atoms with Gasteiger partial charge < -0.3 is 35.3 Å². The number of phosphoric acid groups is 1. The molecule has 3 amide bonds. The van der Waals surface area contributed by atoms with Crippen LogP contribution in [0.4, 0.5) is 0 Å². The number of hydrogen-bond donors (Lipinski definition) is 5. The lowest BCUT2D eigenvalue weighted by molar-refractivity contribution is -0.130. The van der Waals surface area contributed by atoms with Gasteiger partial charge in [-0.25, -0.2) is 4.57 Å². The van der Waals surface area contributed by atoms with Crippen LogP contribution in [0.2, 0.25) is 0 Å². The van der Waals surface area contributed by atoms with E-state index in [-0.39, 0.29) is 56.6 Å². The number of hydrogen-bond acceptors (Lipinski definition) is 8. The van der Waals surface area contributed by atoms with Gasteiger partial charge in [-0.3, -0.25) is 23.4 Å². The van der Waals surface area contributed by atoms with Crippen molar-refractivity contribution < 1.29 is 42.4 Å². The van der Waals surface area contributed by atoms with Crippen molar-refractivity contribution in [3.63, 3.8) is 0 Å². The highest BCUT2D eigenvalue weighted by atomic mass is 31.2. The van der Waals surface area contributed by atoms with Crippen LogP contribution in [0.25, 0.3) is 10.9 Å². The maximum Gasteiger partial charge on any atom is 0.472 e. The van der Waals surface area contributed by atoms with Crippen LogP contribution in [0.3, 0.4) is 0 Å². The Balaban J connectivity index is 1.77. The van der Waals surface area contributed by atoms with Crippen LogP contribution in [-0.4, -0.2) is 85.9 Å². The molecule has 1 aromatic carbocycles. The SMILES string of the molecule is CC[C@H](C)[C@H](NC(=O)CCc1c[nH]c2ccccc12)C(=O)NCCOP(=O)(O)OCC(COCC[C@@H](C)OC)NC(C)=O. The molecule has 2 unspecified atom stereocenters. The van der Waals surface area contributed by atoms with E-state index in [2.05, 4.69) is 20.9 Å². The van der Waals surface area contributed by atoms with Crippen LogP contribution in [0.5, 0.6) is 0 Å². The quantitative estimate of drug-likeness (QED) is 0.103. The van der Waals surface area contributed by atoms with Gasteiger partial charge in [0, 0.05) is 50.7 Å². The van der Waals surface area contributed by atoms with Gasteiger partial charge in [-0.1, -0.05) is 38.5 Å². The standard InChI is InChI=1S/C29H47N4O9P/c1-6-20(2)28(33-27(35)12-11-23-17-31-26-10-8-7-9-25(23)26)29(36)30-14-16-41-43(37,38)42-19-24(32-22(4)34)18-40-15-13-21(3)39-5/h7-10,17,20-21,24,28,31H,6,11-16,18-19H2,1-5H3,(H,30,36)(H,32,34)(H,33,35)(H,37,38)/t20-,21+,24?,28-/m0/s1. The van der Waals surface area contributed by atoms with Crippen LogP contribution in [0.15, 0.2) is 30.5 Å². The van der Waals surface area contributed by atoms with E-state index >= 15 is 0 Å². The molecule has 0 saturated carbocycles. The molecule has 1 heterocycles. The zero-order valence-corrected chi connectivity index (χ0v) is 26.6. The highest BCUT2D eigenvalue weighted by molar-refractivity contribution is 7.47. The molecule has 242 valence electrons. The van der Waals surface area contributed by atoms with Gasteiger partial charge in [0.1, 0.15) is 6.04 Å². The molecule has 2 aromatic rings. The van der Waals surface area contributed by atoms with Crippen LogP contribution in [0, 0.1) is 5.92 Å². The predicted octanol–water partition coefficient (Wildman–Crippen LogP) is 2.83. The highest BCUT2D eigenvalue weighted by Crippen LogP contribution is 2.42. The number of fused-ring (bicyclic) bond motifs is 1. The number of carbonyl (C=O) groups excluding carboxylic acids is 3. The molecule has 0 aliphatic heterocycles. The third-order valence-electron chi connectivity index (χ3n) is 7.00. The minimum Gasteiger partial charge on any atom is -0.382 e. The molecule has 5 N–H and O–H groups in total. The third kappa shape index (κ3) is 13.6. The molecule has 5 atom stereocenters. The summed E-state index contributed by atoms with van der Waals surface area (Å²) in [6.45, 7) is 6.73. The first-order chi connectivity index (χ1) is 20.5. The van der Waals surface area contributed by atoms with Gasteiger partial charge in [0.15, 0.2) is 0 Å². The van der Waals surface area contributed by atoms with E-state index in [0.717, 1.165) is 16.5 Å². The minimum atomic E-state index is -4.48. The Morgan fingerprint density at radius 1 is 1.07 bits per heavy atom. The number of aromatic amines is 1. The van der Waals surface area contributed by atoms with E-state index in [0.29, 0.717) is 25.9 Å². The lowest BCUT2D eigenvalue weighted by Crippen LogP contribution is -2.50. The zero-order chi connectivity index (χ0) is 31.8. The normalized spacial score (nSPS) is 15.7. The molecule has 0 spiro atoms. The van der Waals surface area contributed by atoms with E-state index in [1.54, 1.807) is 7.11 Å². The molecule has 0 radical (unpaired) electrons. The molecule has 0 saturated heterocycles. The number of rotatable bonds is 21. The number of carbonyl (C=O) groups is 3. The van der Waals surface area contributed by atoms with E-state index < -0.39 is 25.8 Å². The number of nitrogens with one attached hydrogen (secondary N) is 4. The van der Waals surface area contributed by atoms with E-state index in [1.807, 2.05) is 51.2 Å². The average Bonchev–Trinajstić information content (AvgIpc) is 3.40. The molecule has 0 aliphatic rings. The summed E-state index contributed by atoms with van der Waals surface area (Å²) in [7, 11) is -2.89. The Labute approximate surface area is 253 Å². The van der Waals surface area contributed by atoms with Gasteiger partial charge in [0.25, 0.3) is 0 Å². The van der Waals surface area contributed by atoms with Crippen molar-refractivity contribution in [1.82, 2.24) is 20.9 Å². The molecule has 0 aliphatic carbocycles. The van der Waals surface area contributed by atoms with Crippen molar-refractivity contribution in [1.29, 1.82) is 0 Å². The smallest absolute Gasteiger partial charge is 0.382 e. The monoisotopic (exact) mass is 626 g/mol. The minimum absolute atomic E-state index is 0.00901. The van der Waals surface area contributed by atoms with Crippen LogP contribution < -0.4 is 16.0 Å². The molecule has 1 aromatic heterocycles. The Kier molecular flexibility index (Phi) is 15.9. The summed E-state index contributed by atoms with van der Waals surface area (Å²) >= 11 is 0. The van der Waals surface area contributed by atoms with Gasteiger partial charge in [-0.15, -0.1) is 0 Å². The maximum absolute atomic E-state index is 12.9. The second-order valence-corrected chi connectivity index (χ2v) is 11.9. The Morgan fingerprint density at radius 2 is 1.81 bits per heavy atom. The number of ether oxygens (including phenoxy) is 2. The number of H-pyrrole nitrogens is 1. The number of aryl methyl sites for hydroxylation is 1. The second-order valence-electron chi connectivity index (χ2n) is 10.5. The molecule has 14 heteroatoms. The van der Waals surface area contributed by atoms with Crippen LogP contribution >= 0.6 is 7.82 Å². The maximum atomic E-state index is 12.9. The van der Waals surface area contributed by atoms with E-state index in [9.17, 15) is 23.8 Å². The Morgan fingerprint density at radius 3 is 2.51 bits per heavy atom. The fourth-order valence-corrected chi connectivity index (χ4v) is 4.98. The van der Waals surface area contributed by atoms with Crippen molar-refractivity contribution in [2.24, 2.45) is 5.92 Å². The summed E-state index contributed by atoms with van der Waals surface area (Å²) in [5, 5.41) is 9.14. The number of phosphoric ester groups is 1.